The zero-order valence-electron chi connectivity index (χ0n) is 22.2. The van der Waals surface area contributed by atoms with E-state index in [-0.39, 0.29) is 0 Å². The average Bonchev–Trinajstić information content (AvgIpc) is 3.66. The monoisotopic (exact) mass is 503 g/mol. The minimum Gasteiger partial charge on any atom is -0.359 e. The van der Waals surface area contributed by atoms with E-state index >= 15 is 0 Å². The molecule has 192 valence electrons. The van der Waals surface area contributed by atoms with Gasteiger partial charge in [-0.15, -0.1) is 0 Å². The van der Waals surface area contributed by atoms with Crippen LogP contribution in [0.5, 0.6) is 0 Å². The minimum absolute atomic E-state index is 0.861. The van der Waals surface area contributed by atoms with Crippen molar-refractivity contribution in [2.24, 2.45) is 0 Å². The number of fused-ring (bicyclic) bond motifs is 2. The highest BCUT2D eigenvalue weighted by Crippen LogP contribution is 2.32. The summed E-state index contributed by atoms with van der Waals surface area (Å²) >= 11 is 0. The number of hydrogen-bond donors (Lipinski definition) is 3. The number of pyridine rings is 1. The van der Waals surface area contributed by atoms with Gasteiger partial charge < -0.3 is 14.9 Å². The van der Waals surface area contributed by atoms with Crippen molar-refractivity contribution in [2.45, 2.75) is 40.0 Å². The van der Waals surface area contributed by atoms with Gasteiger partial charge in [-0.25, -0.2) is 4.98 Å². The molecule has 5 rings (SSSR count). The highest BCUT2D eigenvalue weighted by Gasteiger charge is 2.15. The van der Waals surface area contributed by atoms with Crippen LogP contribution in [0.2, 0.25) is 0 Å². The number of benzene rings is 1. The summed E-state index contributed by atoms with van der Waals surface area (Å²) in [4.78, 5) is 12.3. The minimum atomic E-state index is 0.861. The Morgan fingerprint density at radius 3 is 2.76 bits per heavy atom. The molecule has 0 amide bonds. The van der Waals surface area contributed by atoms with Gasteiger partial charge in [0.2, 0.25) is 0 Å². The molecule has 5 aromatic rings. The SMILES string of the molecule is C=C/C(=C\C(=C/C)c1ccc2[nH]nc(-c3cc4c(-n5cnc(C)c5)cncc4[nH]3)c2c1)NC(=C)CCCC. The Morgan fingerprint density at radius 2 is 2.03 bits per heavy atom. The smallest absolute Gasteiger partial charge is 0.116 e. The van der Waals surface area contributed by atoms with Crippen molar-refractivity contribution < 1.29 is 0 Å². The molecular formula is C31H33N7. The van der Waals surface area contributed by atoms with Gasteiger partial charge in [-0.05, 0) is 68.2 Å². The maximum absolute atomic E-state index is 4.67. The zero-order chi connectivity index (χ0) is 26.6. The van der Waals surface area contributed by atoms with Crippen LogP contribution in [0, 0.1) is 6.92 Å². The molecule has 0 atom stereocenters. The third-order valence-electron chi connectivity index (χ3n) is 6.66. The first-order valence-electron chi connectivity index (χ1n) is 12.9. The average molecular weight is 504 g/mol. The van der Waals surface area contributed by atoms with Crippen molar-refractivity contribution in [2.75, 3.05) is 0 Å². The zero-order valence-corrected chi connectivity index (χ0v) is 22.2. The molecule has 0 unspecified atom stereocenters. The van der Waals surface area contributed by atoms with Gasteiger partial charge in [0.1, 0.15) is 5.69 Å². The topological polar surface area (TPSA) is 87.2 Å². The molecule has 0 aliphatic rings. The van der Waals surface area contributed by atoms with Gasteiger partial charge in [0.15, 0.2) is 0 Å². The first kappa shape index (κ1) is 25.0. The third kappa shape index (κ3) is 4.95. The molecule has 7 heteroatoms. The summed E-state index contributed by atoms with van der Waals surface area (Å²) in [7, 11) is 0. The molecule has 0 aliphatic heterocycles. The number of allylic oxidation sites excluding steroid dienone is 5. The Kier molecular flexibility index (Phi) is 7.09. The highest BCUT2D eigenvalue weighted by molar-refractivity contribution is 5.99. The third-order valence-corrected chi connectivity index (χ3v) is 6.66. The lowest BCUT2D eigenvalue weighted by atomic mass is 10.0. The van der Waals surface area contributed by atoms with Crippen LogP contribution in [0.25, 0.3) is 44.5 Å². The second kappa shape index (κ2) is 10.8. The van der Waals surface area contributed by atoms with Gasteiger partial charge >= 0.3 is 0 Å². The van der Waals surface area contributed by atoms with Crippen LogP contribution in [-0.4, -0.2) is 29.7 Å². The Bertz CT molecular complexity index is 1690. The summed E-state index contributed by atoms with van der Waals surface area (Å²) in [5.41, 5.74) is 9.73. The second-order valence-electron chi connectivity index (χ2n) is 9.44. The van der Waals surface area contributed by atoms with Crippen LogP contribution < -0.4 is 5.32 Å². The number of H-pyrrole nitrogens is 2. The first-order chi connectivity index (χ1) is 18.5. The molecule has 0 saturated heterocycles. The van der Waals surface area contributed by atoms with E-state index in [1.54, 1.807) is 0 Å². The van der Waals surface area contributed by atoms with E-state index in [9.17, 15) is 0 Å². The molecule has 3 N–H and O–H groups in total. The number of hydrogen-bond acceptors (Lipinski definition) is 4. The lowest BCUT2D eigenvalue weighted by Gasteiger charge is -2.11. The Morgan fingerprint density at radius 1 is 1.16 bits per heavy atom. The molecule has 38 heavy (non-hydrogen) atoms. The fraction of sp³-hybridized carbons (Fsp3) is 0.194. The van der Waals surface area contributed by atoms with Crippen LogP contribution in [0.3, 0.4) is 0 Å². The lowest BCUT2D eigenvalue weighted by Crippen LogP contribution is -2.10. The standard InChI is InChI=1S/C31H33N7/c1-6-9-10-20(4)34-24(8-3)13-22(7-2)23-11-12-27-26(14-23)31(37-36-27)28-15-25-29(35-28)16-32-17-30(25)38-18-21(5)33-19-38/h7-8,11-19,34-35H,3-4,6,9-10H2,1-2,5H3,(H,36,37)/b22-7+,24-13+. The molecule has 1 aromatic carbocycles. The molecule has 0 radical (unpaired) electrons. The van der Waals surface area contributed by atoms with E-state index in [2.05, 4.69) is 87.0 Å². The van der Waals surface area contributed by atoms with Crippen molar-refractivity contribution >= 4 is 27.4 Å². The van der Waals surface area contributed by atoms with Crippen molar-refractivity contribution in [3.05, 3.63) is 103 Å². The molecule has 4 heterocycles. The summed E-state index contributed by atoms with van der Waals surface area (Å²) in [6.45, 7) is 14.4. The Labute approximate surface area is 222 Å². The summed E-state index contributed by atoms with van der Waals surface area (Å²) in [5.74, 6) is 0. The number of aromatic nitrogens is 6. The fourth-order valence-electron chi connectivity index (χ4n) is 4.63. The summed E-state index contributed by atoms with van der Waals surface area (Å²) in [6.07, 6.45) is 16.7. The van der Waals surface area contributed by atoms with Gasteiger partial charge in [0.05, 0.1) is 46.8 Å². The number of rotatable bonds is 10. The molecule has 4 aromatic heterocycles. The summed E-state index contributed by atoms with van der Waals surface area (Å²) in [6, 6.07) is 8.49. The normalized spacial score (nSPS) is 12.4. The second-order valence-corrected chi connectivity index (χ2v) is 9.44. The largest absolute Gasteiger partial charge is 0.359 e. The van der Waals surface area contributed by atoms with Gasteiger partial charge in [-0.2, -0.15) is 5.10 Å². The fourth-order valence-corrected chi connectivity index (χ4v) is 4.63. The first-order valence-corrected chi connectivity index (χ1v) is 12.9. The predicted molar refractivity (Wildman–Crippen MR) is 157 cm³/mol. The number of unbranched alkanes of at least 4 members (excludes halogenated alkanes) is 1. The van der Waals surface area contributed by atoms with Gasteiger partial charge in [0.25, 0.3) is 0 Å². The van der Waals surface area contributed by atoms with Crippen molar-refractivity contribution in [3.8, 4) is 17.1 Å². The van der Waals surface area contributed by atoms with Crippen LogP contribution in [0.1, 0.15) is 44.4 Å². The number of nitrogens with zero attached hydrogens (tertiary/aromatic N) is 4. The number of imidazole rings is 1. The van der Waals surface area contributed by atoms with Crippen molar-refractivity contribution in [1.29, 1.82) is 0 Å². The highest BCUT2D eigenvalue weighted by atomic mass is 15.1. The number of aryl methyl sites for hydroxylation is 1. The Hall–Kier alpha value is -4.65. The molecule has 0 fully saturated rings. The molecule has 7 nitrogen and oxygen atoms in total. The van der Waals surface area contributed by atoms with E-state index in [0.29, 0.717) is 0 Å². The van der Waals surface area contributed by atoms with Gasteiger partial charge in [-0.3, -0.25) is 10.1 Å². The van der Waals surface area contributed by atoms with Crippen LogP contribution in [-0.2, 0) is 0 Å². The van der Waals surface area contributed by atoms with E-state index in [0.717, 1.165) is 86.4 Å². The van der Waals surface area contributed by atoms with Crippen LogP contribution >= 0.6 is 0 Å². The molecular weight excluding hydrogens is 470 g/mol. The predicted octanol–water partition coefficient (Wildman–Crippen LogP) is 7.37. The van der Waals surface area contributed by atoms with E-state index < -0.39 is 0 Å². The lowest BCUT2D eigenvalue weighted by molar-refractivity contribution is 0.751. The van der Waals surface area contributed by atoms with Crippen LogP contribution in [0.4, 0.5) is 0 Å². The quantitative estimate of drug-likeness (QED) is 0.174. The molecule has 0 spiro atoms. The van der Waals surface area contributed by atoms with E-state index in [1.165, 1.54) is 0 Å². The molecule has 0 saturated carbocycles. The van der Waals surface area contributed by atoms with Gasteiger partial charge in [-0.1, -0.05) is 38.6 Å². The van der Waals surface area contributed by atoms with E-state index in [1.807, 2.05) is 49.4 Å². The molecule has 0 aliphatic carbocycles. The van der Waals surface area contributed by atoms with Crippen molar-refractivity contribution in [1.82, 2.24) is 35.0 Å². The van der Waals surface area contributed by atoms with Gasteiger partial charge in [0, 0.05) is 28.4 Å². The summed E-state index contributed by atoms with van der Waals surface area (Å²) < 4.78 is 2.00. The number of aromatic amines is 2. The van der Waals surface area contributed by atoms with E-state index in [4.69, 9.17) is 0 Å². The summed E-state index contributed by atoms with van der Waals surface area (Å²) in [5, 5.41) is 13.4. The van der Waals surface area contributed by atoms with Crippen LogP contribution in [0.15, 0.2) is 92.0 Å². The molecule has 0 bridgehead atoms. The van der Waals surface area contributed by atoms with Crippen molar-refractivity contribution in [3.63, 3.8) is 0 Å². The maximum Gasteiger partial charge on any atom is 0.116 e. The Balaban J connectivity index is 1.51. The maximum atomic E-state index is 4.67. The number of nitrogens with one attached hydrogen (secondary N) is 3.